The van der Waals surface area contributed by atoms with Crippen molar-refractivity contribution in [1.82, 2.24) is 15.5 Å². The van der Waals surface area contributed by atoms with E-state index in [0.29, 0.717) is 5.56 Å². The van der Waals surface area contributed by atoms with Crippen LogP contribution in [0.4, 0.5) is 0 Å². The van der Waals surface area contributed by atoms with Crippen LogP contribution in [0.25, 0.3) is 0 Å². The van der Waals surface area contributed by atoms with Crippen LogP contribution in [0.2, 0.25) is 0 Å². The fourth-order valence-corrected chi connectivity index (χ4v) is 5.85. The van der Waals surface area contributed by atoms with Gasteiger partial charge >= 0.3 is 0 Å². The highest BCUT2D eigenvalue weighted by Crippen LogP contribution is 2.56. The molecular formula is C22H29N3O3S. The van der Waals surface area contributed by atoms with Crippen molar-refractivity contribution >= 4 is 29.5 Å². The highest BCUT2D eigenvalue weighted by Gasteiger charge is 2.57. The number of fused-ring (bicyclic) bond motifs is 3. The average molecular weight is 416 g/mol. The number of carbonyl (C=O) groups is 3. The standard InChI is InChI=1S/C22H29N3O3S/c1-5-12(2)16(18(26)23-13-10-11-13)24-19(27)17-22(3,4)29-21-15-9-7-6-8-14(15)20(28)25(17)21/h6-9,12-13,16-17,21H,5,10-11H2,1-4H3,(H,23,26)(H,24,27)/t12-,16-,17+,21+/m0/s1. The van der Waals surface area contributed by atoms with Gasteiger partial charge in [0.05, 0.1) is 0 Å². The van der Waals surface area contributed by atoms with Gasteiger partial charge in [-0.1, -0.05) is 38.5 Å². The SMILES string of the molecule is CC[C@H](C)[C@H](NC(=O)[C@H]1N2C(=O)c3ccccc3[C@H]2SC1(C)C)C(=O)NC1CC1. The topological polar surface area (TPSA) is 78.5 Å². The first kappa shape index (κ1) is 20.3. The van der Waals surface area contributed by atoms with E-state index in [-0.39, 0.29) is 35.1 Å². The molecule has 3 aliphatic rings. The summed E-state index contributed by atoms with van der Waals surface area (Å²) in [7, 11) is 0. The molecule has 0 aromatic heterocycles. The molecule has 1 aromatic carbocycles. The summed E-state index contributed by atoms with van der Waals surface area (Å²) in [5.41, 5.74) is 1.64. The second kappa shape index (κ2) is 7.35. The molecule has 0 bridgehead atoms. The minimum atomic E-state index is -0.627. The smallest absolute Gasteiger partial charge is 0.256 e. The van der Waals surface area contributed by atoms with Crippen LogP contribution in [0, 0.1) is 5.92 Å². The molecule has 3 amide bonds. The van der Waals surface area contributed by atoms with Crippen LogP contribution in [0.15, 0.2) is 24.3 Å². The van der Waals surface area contributed by atoms with E-state index in [0.717, 1.165) is 24.8 Å². The lowest BCUT2D eigenvalue weighted by Crippen LogP contribution is -2.58. The molecule has 6 nitrogen and oxygen atoms in total. The number of amides is 3. The fraction of sp³-hybridized carbons (Fsp3) is 0.591. The van der Waals surface area contributed by atoms with Crippen molar-refractivity contribution in [2.45, 2.75) is 75.2 Å². The van der Waals surface area contributed by atoms with Crippen LogP contribution in [-0.2, 0) is 9.59 Å². The van der Waals surface area contributed by atoms with Crippen molar-refractivity contribution in [2.75, 3.05) is 0 Å². The first-order chi connectivity index (χ1) is 13.7. The Bertz CT molecular complexity index is 851. The van der Waals surface area contributed by atoms with Crippen LogP contribution in [0.1, 0.15) is 68.3 Å². The van der Waals surface area contributed by atoms with Crippen molar-refractivity contribution < 1.29 is 14.4 Å². The molecule has 2 aliphatic heterocycles. The van der Waals surface area contributed by atoms with E-state index in [4.69, 9.17) is 0 Å². The molecule has 156 valence electrons. The molecule has 1 saturated carbocycles. The monoisotopic (exact) mass is 415 g/mol. The molecule has 0 unspecified atom stereocenters. The molecule has 2 N–H and O–H groups in total. The van der Waals surface area contributed by atoms with Gasteiger partial charge in [0.1, 0.15) is 17.5 Å². The van der Waals surface area contributed by atoms with Gasteiger partial charge in [0, 0.05) is 16.4 Å². The Hall–Kier alpha value is -2.02. The maximum Gasteiger partial charge on any atom is 0.256 e. The number of nitrogens with one attached hydrogen (secondary N) is 2. The zero-order valence-electron chi connectivity index (χ0n) is 17.4. The third kappa shape index (κ3) is 3.54. The molecule has 7 heteroatoms. The summed E-state index contributed by atoms with van der Waals surface area (Å²) < 4.78 is -0.453. The van der Waals surface area contributed by atoms with Gasteiger partial charge in [0.25, 0.3) is 5.91 Å². The molecule has 4 rings (SSSR count). The molecule has 0 spiro atoms. The minimum absolute atomic E-state index is 0.0112. The highest BCUT2D eigenvalue weighted by atomic mass is 32.2. The number of rotatable bonds is 6. The lowest BCUT2D eigenvalue weighted by atomic mass is 9.95. The quantitative estimate of drug-likeness (QED) is 0.749. The van der Waals surface area contributed by atoms with Gasteiger partial charge in [-0.25, -0.2) is 0 Å². The normalized spacial score (nSPS) is 26.5. The van der Waals surface area contributed by atoms with E-state index in [9.17, 15) is 14.4 Å². The second-order valence-corrected chi connectivity index (χ2v) is 10.7. The maximum atomic E-state index is 13.4. The number of hydrogen-bond acceptors (Lipinski definition) is 4. The van der Waals surface area contributed by atoms with Crippen LogP contribution in [0.5, 0.6) is 0 Å². The lowest BCUT2D eigenvalue weighted by molar-refractivity contribution is -0.133. The largest absolute Gasteiger partial charge is 0.352 e. The Morgan fingerprint density at radius 2 is 1.97 bits per heavy atom. The Labute approximate surface area is 176 Å². The van der Waals surface area contributed by atoms with Crippen molar-refractivity contribution in [2.24, 2.45) is 5.92 Å². The van der Waals surface area contributed by atoms with Gasteiger partial charge in [-0.3, -0.25) is 14.4 Å². The van der Waals surface area contributed by atoms with Crippen LogP contribution < -0.4 is 10.6 Å². The lowest BCUT2D eigenvalue weighted by Gasteiger charge is -2.32. The molecule has 1 aromatic rings. The molecule has 1 saturated heterocycles. The summed E-state index contributed by atoms with van der Waals surface area (Å²) in [5, 5.41) is 5.86. The van der Waals surface area contributed by atoms with E-state index in [2.05, 4.69) is 10.6 Å². The molecule has 2 fully saturated rings. The first-order valence-corrected chi connectivity index (χ1v) is 11.3. The zero-order chi connectivity index (χ0) is 20.9. The van der Waals surface area contributed by atoms with E-state index >= 15 is 0 Å². The zero-order valence-corrected chi connectivity index (χ0v) is 18.2. The van der Waals surface area contributed by atoms with Crippen molar-refractivity contribution in [3.05, 3.63) is 35.4 Å². The van der Waals surface area contributed by atoms with Gasteiger partial charge in [-0.15, -0.1) is 11.8 Å². The van der Waals surface area contributed by atoms with Gasteiger partial charge in [0.15, 0.2) is 0 Å². The van der Waals surface area contributed by atoms with Gasteiger partial charge < -0.3 is 15.5 Å². The van der Waals surface area contributed by atoms with E-state index in [1.54, 1.807) is 16.7 Å². The van der Waals surface area contributed by atoms with Crippen molar-refractivity contribution in [1.29, 1.82) is 0 Å². The maximum absolute atomic E-state index is 13.4. The summed E-state index contributed by atoms with van der Waals surface area (Å²) in [4.78, 5) is 41.0. The van der Waals surface area contributed by atoms with E-state index < -0.39 is 16.8 Å². The second-order valence-electron chi connectivity index (χ2n) is 8.93. The number of thioether (sulfide) groups is 1. The average Bonchev–Trinajstić information content (AvgIpc) is 3.40. The van der Waals surface area contributed by atoms with E-state index in [1.165, 1.54) is 0 Å². The Morgan fingerprint density at radius 1 is 1.28 bits per heavy atom. The third-order valence-electron chi connectivity index (χ3n) is 6.26. The summed E-state index contributed by atoms with van der Waals surface area (Å²) in [6.45, 7) is 7.99. The van der Waals surface area contributed by atoms with Crippen LogP contribution in [0.3, 0.4) is 0 Å². The number of hydrogen-bond donors (Lipinski definition) is 2. The van der Waals surface area contributed by atoms with Crippen molar-refractivity contribution in [3.8, 4) is 0 Å². The van der Waals surface area contributed by atoms with Gasteiger partial charge in [-0.2, -0.15) is 0 Å². The molecule has 0 radical (unpaired) electrons. The highest BCUT2D eigenvalue weighted by molar-refractivity contribution is 8.01. The van der Waals surface area contributed by atoms with Crippen LogP contribution >= 0.6 is 11.8 Å². The molecule has 4 atom stereocenters. The third-order valence-corrected chi connectivity index (χ3v) is 7.80. The van der Waals surface area contributed by atoms with Gasteiger partial charge in [0.2, 0.25) is 11.8 Å². The molecule has 2 heterocycles. The Balaban J connectivity index is 1.58. The summed E-state index contributed by atoms with van der Waals surface area (Å²) in [6.07, 6.45) is 2.78. The Kier molecular flexibility index (Phi) is 5.13. The summed E-state index contributed by atoms with van der Waals surface area (Å²) in [6, 6.07) is 6.59. The predicted octanol–water partition coefficient (Wildman–Crippen LogP) is 2.84. The minimum Gasteiger partial charge on any atom is -0.352 e. The van der Waals surface area contributed by atoms with Crippen molar-refractivity contribution in [3.63, 3.8) is 0 Å². The Morgan fingerprint density at radius 3 is 2.62 bits per heavy atom. The van der Waals surface area contributed by atoms with Crippen LogP contribution in [-0.4, -0.2) is 45.5 Å². The van der Waals surface area contributed by atoms with E-state index in [1.807, 2.05) is 52.0 Å². The summed E-state index contributed by atoms with van der Waals surface area (Å²) in [5.74, 6) is -0.461. The predicted molar refractivity (Wildman–Crippen MR) is 113 cm³/mol. The number of carbonyl (C=O) groups excluding carboxylic acids is 3. The molecule has 1 aliphatic carbocycles. The number of benzene rings is 1. The van der Waals surface area contributed by atoms with Gasteiger partial charge in [-0.05, 0) is 44.2 Å². The summed E-state index contributed by atoms with van der Waals surface area (Å²) >= 11 is 1.64. The number of nitrogens with zero attached hydrogens (tertiary/aromatic N) is 1. The first-order valence-electron chi connectivity index (χ1n) is 10.4. The molecular weight excluding hydrogens is 386 g/mol. The molecule has 29 heavy (non-hydrogen) atoms. The fourth-order valence-electron chi connectivity index (χ4n) is 4.26.